The maximum absolute atomic E-state index is 12.5. The van der Waals surface area contributed by atoms with Crippen molar-refractivity contribution in [2.45, 2.75) is 19.5 Å². The van der Waals surface area contributed by atoms with Crippen molar-refractivity contribution in [3.8, 4) is 11.5 Å². The Morgan fingerprint density at radius 2 is 1.81 bits per heavy atom. The van der Waals surface area contributed by atoms with Crippen molar-refractivity contribution in [1.29, 1.82) is 0 Å². The second kappa shape index (κ2) is 7.95. The number of hydrogen-bond donors (Lipinski definition) is 0. The molecule has 0 fully saturated rings. The molecular formula is C21H24N2O3. The number of amides is 1. The third kappa shape index (κ3) is 3.82. The van der Waals surface area contributed by atoms with Crippen LogP contribution in [0.15, 0.2) is 54.7 Å². The molecule has 136 valence electrons. The molecule has 0 aliphatic rings. The molecule has 3 aromatic rings. The summed E-state index contributed by atoms with van der Waals surface area (Å²) in [5.74, 6) is 1.46. The smallest absolute Gasteiger partial charge is 0.224 e. The molecule has 1 heterocycles. The molecule has 0 unspecified atom stereocenters. The second-order valence-electron chi connectivity index (χ2n) is 6.26. The minimum absolute atomic E-state index is 0.109. The molecule has 0 aliphatic carbocycles. The van der Waals surface area contributed by atoms with Crippen molar-refractivity contribution >= 4 is 16.8 Å². The molecule has 1 amide bonds. The van der Waals surface area contributed by atoms with Gasteiger partial charge in [0.1, 0.15) is 0 Å². The van der Waals surface area contributed by atoms with Gasteiger partial charge in [-0.3, -0.25) is 4.79 Å². The SMILES string of the molecule is COc1ccc(CN(C)C(=O)CCn2ccc3ccccc32)cc1OC. The predicted octanol–water partition coefficient (Wildman–Crippen LogP) is 3.71. The van der Waals surface area contributed by atoms with E-state index in [0.29, 0.717) is 31.0 Å². The van der Waals surface area contributed by atoms with Crippen LogP contribution >= 0.6 is 0 Å². The van der Waals surface area contributed by atoms with Crippen LogP contribution in [-0.2, 0) is 17.9 Å². The van der Waals surface area contributed by atoms with Gasteiger partial charge in [-0.1, -0.05) is 24.3 Å². The van der Waals surface area contributed by atoms with Crippen LogP contribution in [0.5, 0.6) is 11.5 Å². The van der Waals surface area contributed by atoms with Gasteiger partial charge in [0.15, 0.2) is 11.5 Å². The minimum atomic E-state index is 0.109. The van der Waals surface area contributed by atoms with E-state index < -0.39 is 0 Å². The van der Waals surface area contributed by atoms with E-state index in [1.807, 2.05) is 43.6 Å². The molecule has 5 heteroatoms. The molecule has 0 saturated carbocycles. The first-order valence-electron chi connectivity index (χ1n) is 8.61. The lowest BCUT2D eigenvalue weighted by atomic mass is 10.2. The van der Waals surface area contributed by atoms with Gasteiger partial charge in [0.2, 0.25) is 5.91 Å². The topological polar surface area (TPSA) is 43.7 Å². The van der Waals surface area contributed by atoms with E-state index in [2.05, 4.69) is 22.8 Å². The van der Waals surface area contributed by atoms with E-state index in [-0.39, 0.29) is 5.91 Å². The van der Waals surface area contributed by atoms with Gasteiger partial charge in [-0.15, -0.1) is 0 Å². The van der Waals surface area contributed by atoms with Gasteiger partial charge in [-0.2, -0.15) is 0 Å². The first-order chi connectivity index (χ1) is 12.6. The lowest BCUT2D eigenvalue weighted by Crippen LogP contribution is -2.27. The van der Waals surface area contributed by atoms with Crippen LogP contribution in [0.3, 0.4) is 0 Å². The highest BCUT2D eigenvalue weighted by atomic mass is 16.5. The lowest BCUT2D eigenvalue weighted by Gasteiger charge is -2.18. The first kappa shape index (κ1) is 17.9. The summed E-state index contributed by atoms with van der Waals surface area (Å²) in [6.45, 7) is 1.20. The number of aryl methyl sites for hydroxylation is 1. The number of hydrogen-bond acceptors (Lipinski definition) is 3. The molecular weight excluding hydrogens is 328 g/mol. The molecule has 0 saturated heterocycles. The molecule has 0 N–H and O–H groups in total. The normalized spacial score (nSPS) is 10.7. The lowest BCUT2D eigenvalue weighted by molar-refractivity contribution is -0.130. The third-order valence-corrected chi connectivity index (χ3v) is 4.54. The number of aromatic nitrogens is 1. The summed E-state index contributed by atoms with van der Waals surface area (Å²) in [5, 5.41) is 1.19. The summed E-state index contributed by atoms with van der Waals surface area (Å²) in [5.41, 5.74) is 2.16. The highest BCUT2D eigenvalue weighted by molar-refractivity contribution is 5.80. The van der Waals surface area contributed by atoms with Crippen molar-refractivity contribution < 1.29 is 14.3 Å². The molecule has 0 bridgehead atoms. The van der Waals surface area contributed by atoms with Crippen molar-refractivity contribution in [2.24, 2.45) is 0 Å². The number of benzene rings is 2. The number of ether oxygens (including phenoxy) is 2. The Balaban J connectivity index is 1.61. The molecule has 26 heavy (non-hydrogen) atoms. The third-order valence-electron chi connectivity index (χ3n) is 4.54. The van der Waals surface area contributed by atoms with Gasteiger partial charge >= 0.3 is 0 Å². The van der Waals surface area contributed by atoms with Gasteiger partial charge in [-0.25, -0.2) is 0 Å². The number of methoxy groups -OCH3 is 2. The zero-order valence-electron chi connectivity index (χ0n) is 15.4. The second-order valence-corrected chi connectivity index (χ2v) is 6.26. The number of para-hydroxylation sites is 1. The fourth-order valence-corrected chi connectivity index (χ4v) is 3.08. The Labute approximate surface area is 153 Å². The van der Waals surface area contributed by atoms with E-state index in [4.69, 9.17) is 9.47 Å². The summed E-state index contributed by atoms with van der Waals surface area (Å²) in [7, 11) is 5.04. The Morgan fingerprint density at radius 3 is 2.58 bits per heavy atom. The zero-order chi connectivity index (χ0) is 18.5. The van der Waals surface area contributed by atoms with E-state index in [1.165, 1.54) is 5.39 Å². The fourth-order valence-electron chi connectivity index (χ4n) is 3.08. The van der Waals surface area contributed by atoms with Gasteiger partial charge in [-0.05, 0) is 35.2 Å². The number of nitrogens with zero attached hydrogens (tertiary/aromatic N) is 2. The van der Waals surface area contributed by atoms with Gasteiger partial charge in [0.25, 0.3) is 0 Å². The highest BCUT2D eigenvalue weighted by Gasteiger charge is 2.12. The molecule has 0 aliphatic heterocycles. The van der Waals surface area contributed by atoms with Crippen LogP contribution in [0.25, 0.3) is 10.9 Å². The van der Waals surface area contributed by atoms with E-state index >= 15 is 0 Å². The van der Waals surface area contributed by atoms with Crippen LogP contribution in [0.4, 0.5) is 0 Å². The summed E-state index contributed by atoms with van der Waals surface area (Å²) in [6, 6.07) is 16.0. The fraction of sp³-hybridized carbons (Fsp3) is 0.286. The summed E-state index contributed by atoms with van der Waals surface area (Å²) in [6.07, 6.45) is 2.49. The maximum atomic E-state index is 12.5. The van der Waals surface area contributed by atoms with Crippen molar-refractivity contribution in [1.82, 2.24) is 9.47 Å². The molecule has 2 aromatic carbocycles. The molecule has 1 aromatic heterocycles. The van der Waals surface area contributed by atoms with Gasteiger partial charge < -0.3 is 18.9 Å². The zero-order valence-corrected chi connectivity index (χ0v) is 15.4. The van der Waals surface area contributed by atoms with Crippen molar-refractivity contribution in [2.75, 3.05) is 21.3 Å². The Morgan fingerprint density at radius 1 is 1.04 bits per heavy atom. The quantitative estimate of drug-likeness (QED) is 0.651. The molecule has 0 spiro atoms. The van der Waals surface area contributed by atoms with Crippen LogP contribution in [0.1, 0.15) is 12.0 Å². The standard InChI is InChI=1S/C21H24N2O3/c1-22(15-16-8-9-19(25-2)20(14-16)26-3)21(24)11-13-23-12-10-17-6-4-5-7-18(17)23/h4-10,12,14H,11,13,15H2,1-3H3. The van der Waals surface area contributed by atoms with E-state index in [1.54, 1.807) is 19.1 Å². The molecule has 0 radical (unpaired) electrons. The summed E-state index contributed by atoms with van der Waals surface area (Å²) < 4.78 is 12.7. The van der Waals surface area contributed by atoms with Gasteiger partial charge in [0.05, 0.1) is 14.2 Å². The Hall–Kier alpha value is -2.95. The number of rotatable bonds is 7. The maximum Gasteiger partial charge on any atom is 0.224 e. The van der Waals surface area contributed by atoms with Crippen LogP contribution in [0.2, 0.25) is 0 Å². The van der Waals surface area contributed by atoms with Crippen LogP contribution < -0.4 is 9.47 Å². The first-order valence-corrected chi connectivity index (χ1v) is 8.61. The largest absolute Gasteiger partial charge is 0.493 e. The number of fused-ring (bicyclic) bond motifs is 1. The van der Waals surface area contributed by atoms with Gasteiger partial charge in [0, 0.05) is 38.3 Å². The Kier molecular flexibility index (Phi) is 5.46. The molecule has 5 nitrogen and oxygen atoms in total. The number of carbonyl (C=O) groups excluding carboxylic acids is 1. The number of carbonyl (C=O) groups is 1. The predicted molar refractivity (Wildman–Crippen MR) is 103 cm³/mol. The summed E-state index contributed by atoms with van der Waals surface area (Å²) in [4.78, 5) is 14.3. The summed E-state index contributed by atoms with van der Waals surface area (Å²) >= 11 is 0. The van der Waals surface area contributed by atoms with Crippen molar-refractivity contribution in [3.63, 3.8) is 0 Å². The average Bonchev–Trinajstić information content (AvgIpc) is 3.09. The monoisotopic (exact) mass is 352 g/mol. The van der Waals surface area contributed by atoms with E-state index in [0.717, 1.165) is 11.1 Å². The van der Waals surface area contributed by atoms with Crippen LogP contribution in [-0.4, -0.2) is 36.6 Å². The molecule has 3 rings (SSSR count). The highest BCUT2D eigenvalue weighted by Crippen LogP contribution is 2.28. The molecule has 0 atom stereocenters. The average molecular weight is 352 g/mol. The van der Waals surface area contributed by atoms with Crippen molar-refractivity contribution in [3.05, 3.63) is 60.3 Å². The Bertz CT molecular complexity index is 901. The van der Waals surface area contributed by atoms with Crippen LogP contribution in [0, 0.1) is 0 Å². The minimum Gasteiger partial charge on any atom is -0.493 e. The van der Waals surface area contributed by atoms with E-state index in [9.17, 15) is 4.79 Å².